The summed E-state index contributed by atoms with van der Waals surface area (Å²) in [5, 5.41) is 2.71. The summed E-state index contributed by atoms with van der Waals surface area (Å²) in [6.45, 7) is 0. The molecule has 0 saturated heterocycles. The van der Waals surface area contributed by atoms with Crippen LogP contribution in [0.1, 0.15) is 0 Å². The molecule has 0 radical (unpaired) electrons. The molecule has 2 aromatic carbocycles. The highest BCUT2D eigenvalue weighted by Crippen LogP contribution is 2.27. The SMILES string of the molecule is CN(C(=O)CSc1nc2ccsc2c(=O)n1-c1ccccc1Cl)c1ccccc1. The fourth-order valence-electron chi connectivity index (χ4n) is 2.85. The number of halogens is 1. The number of hydrogen-bond donors (Lipinski definition) is 0. The van der Waals surface area contributed by atoms with Gasteiger partial charge in [-0.15, -0.1) is 11.3 Å². The summed E-state index contributed by atoms with van der Waals surface area (Å²) in [5.74, 6) is 0.0457. The van der Waals surface area contributed by atoms with Crippen LogP contribution in [0.3, 0.4) is 0 Å². The minimum atomic E-state index is -0.190. The molecule has 0 aliphatic heterocycles. The number of fused-ring (bicyclic) bond motifs is 1. The second-order valence-corrected chi connectivity index (χ2v) is 8.46. The topological polar surface area (TPSA) is 55.2 Å². The summed E-state index contributed by atoms with van der Waals surface area (Å²) in [5.41, 5.74) is 1.79. The zero-order chi connectivity index (χ0) is 20.4. The summed E-state index contributed by atoms with van der Waals surface area (Å²) < 4.78 is 2.05. The minimum Gasteiger partial charge on any atom is -0.315 e. The summed E-state index contributed by atoms with van der Waals surface area (Å²) >= 11 is 8.91. The maximum Gasteiger partial charge on any atom is 0.276 e. The van der Waals surface area contributed by atoms with E-state index in [1.165, 1.54) is 27.7 Å². The molecular formula is C21H16ClN3O2S2. The van der Waals surface area contributed by atoms with Crippen molar-refractivity contribution >= 4 is 56.5 Å². The first-order chi connectivity index (χ1) is 14.1. The van der Waals surface area contributed by atoms with E-state index in [1.807, 2.05) is 41.8 Å². The maximum atomic E-state index is 13.1. The number of carbonyl (C=O) groups is 1. The van der Waals surface area contributed by atoms with Crippen LogP contribution < -0.4 is 10.5 Å². The van der Waals surface area contributed by atoms with Crippen LogP contribution in [-0.2, 0) is 4.79 Å². The van der Waals surface area contributed by atoms with Crippen molar-refractivity contribution in [2.75, 3.05) is 17.7 Å². The van der Waals surface area contributed by atoms with Gasteiger partial charge in [-0.1, -0.05) is 53.7 Å². The van der Waals surface area contributed by atoms with Crippen molar-refractivity contribution in [3.63, 3.8) is 0 Å². The highest BCUT2D eigenvalue weighted by Gasteiger charge is 2.18. The molecule has 0 aliphatic carbocycles. The van der Waals surface area contributed by atoms with Crippen LogP contribution in [0, 0.1) is 0 Å². The molecule has 5 nitrogen and oxygen atoms in total. The van der Waals surface area contributed by atoms with Crippen molar-refractivity contribution in [2.45, 2.75) is 5.16 Å². The van der Waals surface area contributed by atoms with E-state index in [0.717, 1.165) is 5.69 Å². The van der Waals surface area contributed by atoms with Gasteiger partial charge in [0, 0.05) is 12.7 Å². The minimum absolute atomic E-state index is 0.0911. The number of amides is 1. The third kappa shape index (κ3) is 3.94. The number of anilines is 1. The third-order valence-corrected chi connectivity index (χ3v) is 6.52. The van der Waals surface area contributed by atoms with Crippen LogP contribution >= 0.6 is 34.7 Å². The zero-order valence-corrected chi connectivity index (χ0v) is 17.8. The number of benzene rings is 2. The molecule has 146 valence electrons. The number of thiophene rings is 1. The average molecular weight is 442 g/mol. The van der Waals surface area contributed by atoms with Crippen molar-refractivity contribution in [2.24, 2.45) is 0 Å². The van der Waals surface area contributed by atoms with Crippen LogP contribution in [-0.4, -0.2) is 28.3 Å². The van der Waals surface area contributed by atoms with Gasteiger partial charge in [0.05, 0.1) is 22.0 Å². The normalized spacial score (nSPS) is 11.0. The lowest BCUT2D eigenvalue weighted by Gasteiger charge is -2.18. The van der Waals surface area contributed by atoms with E-state index < -0.39 is 0 Å². The first-order valence-corrected chi connectivity index (χ1v) is 11.0. The van der Waals surface area contributed by atoms with Gasteiger partial charge in [0.1, 0.15) is 4.70 Å². The van der Waals surface area contributed by atoms with Crippen molar-refractivity contribution in [1.29, 1.82) is 0 Å². The Morgan fingerprint density at radius 3 is 2.62 bits per heavy atom. The Bertz CT molecular complexity index is 1240. The van der Waals surface area contributed by atoms with Crippen molar-refractivity contribution < 1.29 is 4.79 Å². The average Bonchev–Trinajstić information content (AvgIpc) is 3.22. The van der Waals surface area contributed by atoms with Crippen molar-refractivity contribution in [1.82, 2.24) is 9.55 Å². The third-order valence-electron chi connectivity index (χ3n) is 4.38. The fourth-order valence-corrected chi connectivity index (χ4v) is 4.75. The van der Waals surface area contributed by atoms with E-state index in [4.69, 9.17) is 11.6 Å². The molecule has 8 heteroatoms. The molecule has 0 aliphatic rings. The van der Waals surface area contributed by atoms with Crippen LogP contribution in [0.25, 0.3) is 15.9 Å². The largest absolute Gasteiger partial charge is 0.315 e. The van der Waals surface area contributed by atoms with Gasteiger partial charge in [0.15, 0.2) is 5.16 Å². The summed E-state index contributed by atoms with van der Waals surface area (Å²) in [4.78, 5) is 32.0. The van der Waals surface area contributed by atoms with E-state index in [-0.39, 0.29) is 17.2 Å². The van der Waals surface area contributed by atoms with E-state index in [9.17, 15) is 9.59 Å². The first-order valence-electron chi connectivity index (χ1n) is 8.76. The maximum absolute atomic E-state index is 13.1. The number of carbonyl (C=O) groups excluding carboxylic acids is 1. The zero-order valence-electron chi connectivity index (χ0n) is 15.4. The highest BCUT2D eigenvalue weighted by molar-refractivity contribution is 7.99. The Kier molecular flexibility index (Phi) is 5.71. The molecule has 0 atom stereocenters. The molecule has 29 heavy (non-hydrogen) atoms. The molecule has 1 amide bonds. The predicted octanol–water partition coefficient (Wildman–Crippen LogP) is 4.86. The number of thioether (sulfide) groups is 1. The Morgan fingerprint density at radius 2 is 1.86 bits per heavy atom. The molecule has 0 saturated carbocycles. The molecule has 2 aromatic heterocycles. The number of rotatable bonds is 5. The first kappa shape index (κ1) is 19.7. The number of aromatic nitrogens is 2. The molecular weight excluding hydrogens is 426 g/mol. The van der Waals surface area contributed by atoms with E-state index in [0.29, 0.717) is 26.1 Å². The van der Waals surface area contributed by atoms with Gasteiger partial charge in [-0.25, -0.2) is 4.98 Å². The lowest BCUT2D eigenvalue weighted by atomic mass is 10.3. The van der Waals surface area contributed by atoms with Gasteiger partial charge in [0.2, 0.25) is 5.91 Å². The highest BCUT2D eigenvalue weighted by atomic mass is 35.5. The quantitative estimate of drug-likeness (QED) is 0.328. The van der Waals surface area contributed by atoms with Gasteiger partial charge in [-0.3, -0.25) is 14.2 Å². The molecule has 2 heterocycles. The lowest BCUT2D eigenvalue weighted by Crippen LogP contribution is -2.28. The van der Waals surface area contributed by atoms with E-state index in [2.05, 4.69) is 4.98 Å². The molecule has 0 fully saturated rings. The second kappa shape index (κ2) is 8.41. The number of hydrogen-bond acceptors (Lipinski definition) is 5. The van der Waals surface area contributed by atoms with Crippen LogP contribution in [0.15, 0.2) is 76.0 Å². The smallest absolute Gasteiger partial charge is 0.276 e. The van der Waals surface area contributed by atoms with Gasteiger partial charge >= 0.3 is 0 Å². The Labute approximate surface area is 180 Å². The molecule has 0 bridgehead atoms. The molecule has 4 aromatic rings. The van der Waals surface area contributed by atoms with Crippen molar-refractivity contribution in [3.05, 3.63) is 81.4 Å². The fraction of sp³-hybridized carbons (Fsp3) is 0.0952. The second-order valence-electron chi connectivity index (χ2n) is 6.20. The predicted molar refractivity (Wildman–Crippen MR) is 121 cm³/mol. The van der Waals surface area contributed by atoms with Gasteiger partial charge in [-0.2, -0.15) is 0 Å². The Morgan fingerprint density at radius 1 is 1.14 bits per heavy atom. The number of para-hydroxylation sites is 2. The Hall–Kier alpha value is -2.61. The van der Waals surface area contributed by atoms with Gasteiger partial charge in [0.25, 0.3) is 5.56 Å². The van der Waals surface area contributed by atoms with E-state index in [1.54, 1.807) is 36.2 Å². The van der Waals surface area contributed by atoms with Gasteiger partial charge < -0.3 is 4.90 Å². The number of nitrogens with zero attached hydrogens (tertiary/aromatic N) is 3. The van der Waals surface area contributed by atoms with Gasteiger partial charge in [-0.05, 0) is 35.7 Å². The van der Waals surface area contributed by atoms with E-state index >= 15 is 0 Å². The molecule has 4 rings (SSSR count). The van der Waals surface area contributed by atoms with Crippen LogP contribution in [0.4, 0.5) is 5.69 Å². The standard InChI is InChI=1S/C21H16ClN3O2S2/c1-24(14-7-3-2-4-8-14)18(26)13-29-21-23-16-11-12-28-19(16)20(27)25(21)17-10-6-5-9-15(17)22/h2-12H,13H2,1H3. The monoisotopic (exact) mass is 441 g/mol. The summed E-state index contributed by atoms with van der Waals surface area (Å²) in [6.07, 6.45) is 0. The van der Waals surface area contributed by atoms with Crippen molar-refractivity contribution in [3.8, 4) is 5.69 Å². The van der Waals surface area contributed by atoms with Crippen LogP contribution in [0.5, 0.6) is 0 Å². The summed E-state index contributed by atoms with van der Waals surface area (Å²) in [6, 6.07) is 18.3. The lowest BCUT2D eigenvalue weighted by molar-refractivity contribution is -0.115. The summed E-state index contributed by atoms with van der Waals surface area (Å²) in [7, 11) is 1.73. The molecule has 0 unspecified atom stereocenters. The molecule has 0 N–H and O–H groups in total. The molecule has 0 spiro atoms. The Balaban J connectivity index is 1.70. The van der Waals surface area contributed by atoms with Crippen LogP contribution in [0.2, 0.25) is 5.02 Å².